The maximum absolute atomic E-state index is 13.8. The number of ether oxygens (including phenoxy) is 2. The van der Waals surface area contributed by atoms with Gasteiger partial charge in [0.2, 0.25) is 11.5 Å². The standard InChI is InChI=1S/C45H48N4O7/c50-38-17-15-36(37-16-18-41(52)47-43(37)38)39(51)25-46-24-31-6-8-32(9-7-31)27-55-35-13-10-30(11-14-35)12-19-42(53)49-28-45(29-49,34-4-2-1-3-5-34)44(54)56-40-26-48-22-20-33(40)21-23-48/h1-11,13-18,33,39-40,46,50-51H,12,19-29H2,(H,47,52)/t39?,40-/m0/s1. The van der Waals surface area contributed by atoms with Crippen LogP contribution in [-0.2, 0) is 39.3 Å². The predicted molar refractivity (Wildman–Crippen MR) is 212 cm³/mol. The topological polar surface area (TPSA) is 144 Å². The van der Waals surface area contributed by atoms with Crippen molar-refractivity contribution >= 4 is 22.8 Å². The zero-order chi connectivity index (χ0) is 38.6. The average molecular weight is 757 g/mol. The Hall–Kier alpha value is -5.49. The Morgan fingerprint density at radius 1 is 0.875 bits per heavy atom. The molecule has 0 radical (unpaired) electrons. The number of hydrogen-bond acceptors (Lipinski definition) is 9. The number of pyridine rings is 1. The lowest BCUT2D eigenvalue weighted by molar-refractivity contribution is -0.175. The molecule has 4 aromatic carbocycles. The Kier molecular flexibility index (Phi) is 10.9. The van der Waals surface area contributed by atoms with Crippen molar-refractivity contribution < 1.29 is 29.3 Å². The van der Waals surface area contributed by atoms with E-state index in [2.05, 4.69) is 15.2 Å². The van der Waals surface area contributed by atoms with Crippen molar-refractivity contribution in [3.63, 3.8) is 0 Å². The third-order valence-electron chi connectivity index (χ3n) is 11.8. The number of piperidine rings is 3. The number of nitrogens with one attached hydrogen (secondary N) is 2. The summed E-state index contributed by atoms with van der Waals surface area (Å²) in [5.41, 5.74) is 3.80. The Morgan fingerprint density at radius 2 is 1.59 bits per heavy atom. The van der Waals surface area contributed by atoms with Crippen molar-refractivity contribution in [3.05, 3.63) is 141 Å². The molecule has 4 saturated heterocycles. The lowest BCUT2D eigenvalue weighted by Crippen LogP contribution is -2.66. The van der Waals surface area contributed by atoms with Gasteiger partial charge in [-0.25, -0.2) is 0 Å². The van der Waals surface area contributed by atoms with Crippen LogP contribution in [0.1, 0.15) is 53.2 Å². The second kappa shape index (κ2) is 16.3. The summed E-state index contributed by atoms with van der Waals surface area (Å²) in [6, 6.07) is 31.8. The van der Waals surface area contributed by atoms with E-state index >= 15 is 0 Å². The summed E-state index contributed by atoms with van der Waals surface area (Å²) in [6.07, 6.45) is 2.20. The number of aromatic hydroxyl groups is 1. The zero-order valence-electron chi connectivity index (χ0n) is 31.4. The molecule has 2 atom stereocenters. The quantitative estimate of drug-likeness (QED) is 0.115. The molecule has 5 heterocycles. The fourth-order valence-corrected chi connectivity index (χ4v) is 8.36. The minimum absolute atomic E-state index is 0.0342. The molecular formula is C45H48N4O7. The van der Waals surface area contributed by atoms with Crippen LogP contribution in [0.2, 0.25) is 0 Å². The molecule has 0 saturated carbocycles. The monoisotopic (exact) mass is 756 g/mol. The number of aliphatic hydroxyl groups is 1. The Balaban J connectivity index is 0.776. The van der Waals surface area contributed by atoms with Crippen molar-refractivity contribution in [2.75, 3.05) is 39.3 Å². The van der Waals surface area contributed by atoms with Gasteiger partial charge >= 0.3 is 5.97 Å². The summed E-state index contributed by atoms with van der Waals surface area (Å²) in [5, 5.41) is 24.8. The van der Waals surface area contributed by atoms with Gasteiger partial charge in [0.05, 0.1) is 11.6 Å². The number of likely N-dealkylation sites (tertiary alicyclic amines) is 1. The number of aromatic nitrogens is 1. The highest BCUT2D eigenvalue weighted by Gasteiger charge is 2.54. The molecule has 9 rings (SSSR count). The minimum atomic E-state index is -0.832. The number of hydrogen-bond donors (Lipinski definition) is 4. The number of aliphatic hydroxyl groups excluding tert-OH is 1. The summed E-state index contributed by atoms with van der Waals surface area (Å²) in [4.78, 5) is 45.6. The lowest BCUT2D eigenvalue weighted by Gasteiger charge is -2.50. The van der Waals surface area contributed by atoms with Crippen LogP contribution in [-0.4, -0.2) is 82.2 Å². The molecule has 2 bridgehead atoms. The normalized spacial score (nSPS) is 20.3. The first kappa shape index (κ1) is 37.4. The van der Waals surface area contributed by atoms with E-state index < -0.39 is 11.5 Å². The molecular weight excluding hydrogens is 709 g/mol. The van der Waals surface area contributed by atoms with Crippen molar-refractivity contribution in [2.24, 2.45) is 5.92 Å². The van der Waals surface area contributed by atoms with Gasteiger partial charge in [0.1, 0.15) is 29.6 Å². The molecule has 1 aromatic heterocycles. The maximum atomic E-state index is 13.8. The Labute approximate surface area is 325 Å². The first-order valence-electron chi connectivity index (χ1n) is 19.5. The van der Waals surface area contributed by atoms with Crippen LogP contribution in [0, 0.1) is 5.92 Å². The highest BCUT2D eigenvalue weighted by atomic mass is 16.5. The third kappa shape index (κ3) is 8.07. The van der Waals surface area contributed by atoms with E-state index in [1.807, 2.05) is 78.9 Å². The van der Waals surface area contributed by atoms with Crippen LogP contribution in [0.5, 0.6) is 11.5 Å². The number of fused-ring (bicyclic) bond motifs is 4. The van der Waals surface area contributed by atoms with Crippen molar-refractivity contribution in [3.8, 4) is 11.5 Å². The number of H-pyrrole nitrogens is 1. The first-order valence-corrected chi connectivity index (χ1v) is 19.5. The number of carbonyl (C=O) groups excluding carboxylic acids is 2. The van der Waals surface area contributed by atoms with Gasteiger partial charge < -0.3 is 34.9 Å². The van der Waals surface area contributed by atoms with E-state index in [0.29, 0.717) is 61.5 Å². The van der Waals surface area contributed by atoms with E-state index in [0.717, 1.165) is 60.5 Å². The highest BCUT2D eigenvalue weighted by molar-refractivity contribution is 5.89. The number of rotatable bonds is 14. The van der Waals surface area contributed by atoms with Gasteiger partial charge in [-0.05, 0) is 90.4 Å². The molecule has 0 spiro atoms. The van der Waals surface area contributed by atoms with Gasteiger partial charge in [0.25, 0.3) is 0 Å². The number of amides is 1. The van der Waals surface area contributed by atoms with Gasteiger partial charge in [-0.15, -0.1) is 0 Å². The Bertz CT molecular complexity index is 2210. The summed E-state index contributed by atoms with van der Waals surface area (Å²) >= 11 is 0. The van der Waals surface area contributed by atoms with E-state index in [9.17, 15) is 24.6 Å². The molecule has 11 nitrogen and oxygen atoms in total. The lowest BCUT2D eigenvalue weighted by atomic mass is 9.73. The van der Waals surface area contributed by atoms with E-state index in [-0.39, 0.29) is 35.8 Å². The molecule has 0 aliphatic carbocycles. The SMILES string of the molecule is O=C(CCc1ccc(OCc2ccc(CNCC(O)c3ccc(O)c4[nH]c(=O)ccc34)cc2)cc1)N1CC(C(=O)O[C@H]2CN3CCC2CC3)(c2ccccc2)C1. The summed E-state index contributed by atoms with van der Waals surface area (Å²) < 4.78 is 12.2. The summed E-state index contributed by atoms with van der Waals surface area (Å²) in [6.45, 7) is 4.90. The van der Waals surface area contributed by atoms with Crippen molar-refractivity contribution in [2.45, 2.75) is 56.5 Å². The number of carbonyl (C=O) groups is 2. The van der Waals surface area contributed by atoms with Crippen LogP contribution in [0.3, 0.4) is 0 Å². The second-order valence-electron chi connectivity index (χ2n) is 15.5. The second-order valence-corrected chi connectivity index (χ2v) is 15.5. The molecule has 4 aliphatic heterocycles. The highest BCUT2D eigenvalue weighted by Crippen LogP contribution is 2.39. The fourth-order valence-electron chi connectivity index (χ4n) is 8.36. The van der Waals surface area contributed by atoms with Gasteiger partial charge in [-0.2, -0.15) is 0 Å². The third-order valence-corrected chi connectivity index (χ3v) is 11.8. The molecule has 1 unspecified atom stereocenters. The number of aromatic amines is 1. The molecule has 4 N–H and O–H groups in total. The zero-order valence-corrected chi connectivity index (χ0v) is 31.4. The largest absolute Gasteiger partial charge is 0.506 e. The Morgan fingerprint density at radius 3 is 2.30 bits per heavy atom. The van der Waals surface area contributed by atoms with Crippen LogP contribution >= 0.6 is 0 Å². The van der Waals surface area contributed by atoms with Crippen LogP contribution in [0.4, 0.5) is 0 Å². The molecule has 290 valence electrons. The van der Waals surface area contributed by atoms with Gasteiger partial charge in [0, 0.05) is 50.6 Å². The van der Waals surface area contributed by atoms with E-state index in [1.165, 1.54) is 12.1 Å². The summed E-state index contributed by atoms with van der Waals surface area (Å²) in [7, 11) is 0. The molecule has 56 heavy (non-hydrogen) atoms. The number of phenols is 1. The van der Waals surface area contributed by atoms with E-state index in [1.54, 1.807) is 17.0 Å². The van der Waals surface area contributed by atoms with Gasteiger partial charge in [-0.3, -0.25) is 19.3 Å². The number of phenolic OH excluding ortho intramolecular Hbond substituents is 1. The van der Waals surface area contributed by atoms with Crippen LogP contribution in [0.25, 0.3) is 10.9 Å². The maximum Gasteiger partial charge on any atom is 0.320 e. The predicted octanol–water partition coefficient (Wildman–Crippen LogP) is 4.99. The molecule has 1 amide bonds. The van der Waals surface area contributed by atoms with Crippen LogP contribution < -0.4 is 15.6 Å². The summed E-state index contributed by atoms with van der Waals surface area (Å²) in [5.74, 6) is 0.957. The van der Waals surface area contributed by atoms with Gasteiger partial charge in [0.15, 0.2) is 0 Å². The molecule has 4 aliphatic rings. The first-order chi connectivity index (χ1) is 27.2. The molecule has 11 heteroatoms. The van der Waals surface area contributed by atoms with Gasteiger partial charge in [-0.1, -0.05) is 72.8 Å². The molecule has 5 aromatic rings. The number of esters is 1. The number of aryl methyl sites for hydroxylation is 1. The minimum Gasteiger partial charge on any atom is -0.506 e. The van der Waals surface area contributed by atoms with Crippen molar-refractivity contribution in [1.29, 1.82) is 0 Å². The smallest absolute Gasteiger partial charge is 0.320 e. The van der Waals surface area contributed by atoms with Crippen molar-refractivity contribution in [1.82, 2.24) is 20.1 Å². The van der Waals surface area contributed by atoms with E-state index in [4.69, 9.17) is 9.47 Å². The number of benzene rings is 4. The fraction of sp³-hybridized carbons (Fsp3) is 0.356. The number of nitrogens with zero attached hydrogens (tertiary/aromatic N) is 2. The average Bonchev–Trinajstić information content (AvgIpc) is 3.21. The molecule has 4 fully saturated rings. The van der Waals surface area contributed by atoms with Crippen LogP contribution in [0.15, 0.2) is 108 Å².